The summed E-state index contributed by atoms with van der Waals surface area (Å²) in [5, 5.41) is 0. The van der Waals surface area contributed by atoms with Crippen molar-refractivity contribution in [3.63, 3.8) is 0 Å². The molecule has 1 aromatic heterocycles. The topological polar surface area (TPSA) is 76.2 Å². The summed E-state index contributed by atoms with van der Waals surface area (Å²) in [4.78, 5) is 21.9. The molecule has 0 aromatic carbocycles. The van der Waals surface area contributed by atoms with Crippen molar-refractivity contribution in [1.82, 2.24) is 9.97 Å². The van der Waals surface area contributed by atoms with Gasteiger partial charge in [-0.25, -0.2) is 9.78 Å². The summed E-state index contributed by atoms with van der Waals surface area (Å²) in [6, 6.07) is 0. The first-order chi connectivity index (χ1) is 6.74. The van der Waals surface area contributed by atoms with Crippen molar-refractivity contribution in [2.24, 2.45) is 0 Å². The fourth-order valence-corrected chi connectivity index (χ4v) is 0.812. The lowest BCUT2D eigenvalue weighted by Crippen LogP contribution is -2.16. The summed E-state index contributed by atoms with van der Waals surface area (Å²) in [6.07, 6.45) is 1.47. The molecule has 6 nitrogen and oxygen atoms in total. The Balaban J connectivity index is 2.49. The van der Waals surface area contributed by atoms with Gasteiger partial charge in [0.2, 0.25) is 0 Å². The van der Waals surface area contributed by atoms with Gasteiger partial charge in [0.25, 0.3) is 0 Å². The zero-order valence-electron chi connectivity index (χ0n) is 8.16. The van der Waals surface area contributed by atoms with Crippen LogP contribution in [-0.4, -0.2) is 30.3 Å². The van der Waals surface area contributed by atoms with Gasteiger partial charge in [-0.2, -0.15) is 0 Å². The number of hydrogen-bond donors (Lipinski definition) is 2. The maximum atomic E-state index is 10.8. The van der Waals surface area contributed by atoms with Crippen LogP contribution in [0.15, 0.2) is 11.0 Å². The van der Waals surface area contributed by atoms with Crippen molar-refractivity contribution in [3.05, 3.63) is 22.2 Å². The Morgan fingerprint density at radius 3 is 3.07 bits per heavy atom. The van der Waals surface area contributed by atoms with Crippen molar-refractivity contribution in [3.8, 4) is 0 Å². The average Bonchev–Trinajstić information content (AvgIpc) is 2.18. The number of H-pyrrole nitrogens is 1. The van der Waals surface area contributed by atoms with Gasteiger partial charge in [0.1, 0.15) is 5.82 Å². The molecule has 0 fully saturated rings. The van der Waals surface area contributed by atoms with Crippen LogP contribution < -0.4 is 11.2 Å². The molecule has 0 aliphatic heterocycles. The highest BCUT2D eigenvalue weighted by molar-refractivity contribution is 5.38. The molecule has 0 unspecified atom stereocenters. The summed E-state index contributed by atoms with van der Waals surface area (Å²) in [6.45, 7) is 2.70. The number of aromatic amines is 1. The van der Waals surface area contributed by atoms with E-state index in [0.29, 0.717) is 19.0 Å². The molecule has 1 heterocycles. The standard InChI is InChI=1S/C8H13N3O3/c1-6-5-9-8(12)10-7(6)11-14-4-3-13-2/h5H,3-4H2,1-2H3,(H2,9,10,11,12). The minimum absolute atomic E-state index is 0.403. The smallest absolute Gasteiger partial charge is 0.346 e. The Morgan fingerprint density at radius 2 is 2.36 bits per heavy atom. The van der Waals surface area contributed by atoms with E-state index in [1.54, 1.807) is 7.11 Å². The molecule has 0 radical (unpaired) electrons. The summed E-state index contributed by atoms with van der Waals surface area (Å²) < 4.78 is 4.78. The zero-order chi connectivity index (χ0) is 10.4. The number of nitrogens with one attached hydrogen (secondary N) is 2. The van der Waals surface area contributed by atoms with E-state index in [2.05, 4.69) is 15.4 Å². The van der Waals surface area contributed by atoms with Crippen LogP contribution in [0.5, 0.6) is 0 Å². The van der Waals surface area contributed by atoms with Crippen LogP contribution in [0.25, 0.3) is 0 Å². The van der Waals surface area contributed by atoms with E-state index < -0.39 is 5.69 Å². The first-order valence-corrected chi connectivity index (χ1v) is 4.16. The van der Waals surface area contributed by atoms with Crippen molar-refractivity contribution in [2.45, 2.75) is 6.92 Å². The molecule has 2 N–H and O–H groups in total. The van der Waals surface area contributed by atoms with Crippen LogP contribution in [0, 0.1) is 6.92 Å². The molecule has 0 bridgehead atoms. The van der Waals surface area contributed by atoms with Crippen LogP contribution in [0.3, 0.4) is 0 Å². The summed E-state index contributed by atoms with van der Waals surface area (Å²) in [7, 11) is 1.59. The van der Waals surface area contributed by atoms with E-state index in [0.717, 1.165) is 5.56 Å². The Morgan fingerprint density at radius 1 is 1.57 bits per heavy atom. The molecular formula is C8H13N3O3. The lowest BCUT2D eigenvalue weighted by Gasteiger charge is -2.07. The first-order valence-electron chi connectivity index (χ1n) is 4.16. The Bertz CT molecular complexity index is 337. The minimum atomic E-state index is -0.409. The van der Waals surface area contributed by atoms with Gasteiger partial charge in [-0.05, 0) is 6.92 Å². The predicted octanol–water partition coefficient (Wildman–Crippen LogP) is 0.0682. The minimum Gasteiger partial charge on any atom is -0.382 e. The molecule has 0 spiro atoms. The van der Waals surface area contributed by atoms with Crippen LogP contribution in [0.4, 0.5) is 5.82 Å². The van der Waals surface area contributed by atoms with Crippen LogP contribution in [0.1, 0.15) is 5.56 Å². The lowest BCUT2D eigenvalue weighted by molar-refractivity contribution is 0.100. The molecule has 0 atom stereocenters. The number of aromatic nitrogens is 2. The number of anilines is 1. The molecule has 0 saturated heterocycles. The zero-order valence-corrected chi connectivity index (χ0v) is 8.16. The number of ether oxygens (including phenoxy) is 1. The Kier molecular flexibility index (Phi) is 4.09. The molecule has 1 rings (SSSR count). The van der Waals surface area contributed by atoms with Crippen LogP contribution in [0.2, 0.25) is 0 Å². The molecule has 0 aliphatic rings. The predicted molar refractivity (Wildman–Crippen MR) is 51.0 cm³/mol. The average molecular weight is 199 g/mol. The molecule has 78 valence electrons. The van der Waals surface area contributed by atoms with Crippen molar-refractivity contribution in [1.29, 1.82) is 0 Å². The third-order valence-electron chi connectivity index (χ3n) is 1.57. The maximum absolute atomic E-state index is 10.8. The highest BCUT2D eigenvalue weighted by Gasteiger charge is 1.98. The van der Waals surface area contributed by atoms with Gasteiger partial charge >= 0.3 is 5.69 Å². The number of aryl methyl sites for hydroxylation is 1. The summed E-state index contributed by atoms with van der Waals surface area (Å²) in [5.41, 5.74) is 3.01. The molecule has 6 heteroatoms. The van der Waals surface area contributed by atoms with E-state index >= 15 is 0 Å². The van der Waals surface area contributed by atoms with Gasteiger partial charge in [0, 0.05) is 18.9 Å². The Hall–Kier alpha value is -1.40. The molecule has 0 amide bonds. The number of rotatable bonds is 5. The second-order valence-electron chi connectivity index (χ2n) is 2.69. The molecule has 0 saturated carbocycles. The monoisotopic (exact) mass is 199 g/mol. The third-order valence-corrected chi connectivity index (χ3v) is 1.57. The summed E-state index contributed by atoms with van der Waals surface area (Å²) >= 11 is 0. The van der Waals surface area contributed by atoms with E-state index in [1.165, 1.54) is 6.20 Å². The lowest BCUT2D eigenvalue weighted by atomic mass is 10.4. The van der Waals surface area contributed by atoms with Gasteiger partial charge in [-0.1, -0.05) is 0 Å². The third kappa shape index (κ3) is 3.15. The van der Waals surface area contributed by atoms with Crippen molar-refractivity contribution < 1.29 is 9.57 Å². The van der Waals surface area contributed by atoms with E-state index in [4.69, 9.17) is 9.57 Å². The number of methoxy groups -OCH3 is 1. The van der Waals surface area contributed by atoms with Gasteiger partial charge < -0.3 is 4.74 Å². The van der Waals surface area contributed by atoms with Gasteiger partial charge in [0.15, 0.2) is 0 Å². The molecular weight excluding hydrogens is 186 g/mol. The highest BCUT2D eigenvalue weighted by Crippen LogP contribution is 2.05. The quantitative estimate of drug-likeness (QED) is 0.518. The van der Waals surface area contributed by atoms with E-state index in [-0.39, 0.29) is 0 Å². The molecule has 0 aliphatic carbocycles. The van der Waals surface area contributed by atoms with Crippen molar-refractivity contribution >= 4 is 5.82 Å². The van der Waals surface area contributed by atoms with Crippen molar-refractivity contribution in [2.75, 3.05) is 25.8 Å². The first kappa shape index (κ1) is 10.7. The second kappa shape index (κ2) is 5.36. The van der Waals surface area contributed by atoms with Gasteiger partial charge in [-0.3, -0.25) is 15.3 Å². The maximum Gasteiger partial charge on any atom is 0.346 e. The van der Waals surface area contributed by atoms with E-state index in [9.17, 15) is 4.79 Å². The fraction of sp³-hybridized carbons (Fsp3) is 0.500. The Labute approximate surface area is 81.2 Å². The number of hydrogen-bond acceptors (Lipinski definition) is 5. The SMILES string of the molecule is COCCONc1[nH]c(=O)ncc1C. The molecule has 1 aromatic rings. The van der Waals surface area contributed by atoms with E-state index in [1.807, 2.05) is 6.92 Å². The van der Waals surface area contributed by atoms with Gasteiger partial charge in [0.05, 0.1) is 13.2 Å². The second-order valence-corrected chi connectivity index (χ2v) is 2.69. The van der Waals surface area contributed by atoms with Crippen LogP contribution >= 0.6 is 0 Å². The highest BCUT2D eigenvalue weighted by atomic mass is 16.7. The van der Waals surface area contributed by atoms with Gasteiger partial charge in [-0.15, -0.1) is 0 Å². The normalized spacial score (nSPS) is 10.1. The molecule has 14 heavy (non-hydrogen) atoms. The largest absolute Gasteiger partial charge is 0.382 e. The fourth-order valence-electron chi connectivity index (χ4n) is 0.812. The number of nitrogens with zero attached hydrogens (tertiary/aromatic N) is 1. The van der Waals surface area contributed by atoms with Crippen LogP contribution in [-0.2, 0) is 9.57 Å². The summed E-state index contributed by atoms with van der Waals surface area (Å²) in [5.74, 6) is 0.515.